The minimum Gasteiger partial charge on any atom is -0.483 e. The van der Waals surface area contributed by atoms with Crippen LogP contribution >= 0.6 is 0 Å². The number of carbonyl (C=O) groups excluding carboxylic acids is 1. The molecule has 1 aromatic carbocycles. The highest BCUT2D eigenvalue weighted by Crippen LogP contribution is 2.17. The van der Waals surface area contributed by atoms with Crippen molar-refractivity contribution in [2.75, 3.05) is 26.8 Å². The maximum Gasteiger partial charge on any atom is 0.257 e. The molecule has 0 spiro atoms. The van der Waals surface area contributed by atoms with Gasteiger partial charge in [0, 0.05) is 25.7 Å². The predicted molar refractivity (Wildman–Crippen MR) is 64.8 cm³/mol. The third-order valence-corrected chi connectivity index (χ3v) is 2.21. The Hall–Kier alpha value is -1.59. The molecule has 0 aliphatic heterocycles. The molecule has 0 saturated carbocycles. The van der Waals surface area contributed by atoms with Crippen LogP contribution in [0.2, 0.25) is 0 Å². The molecule has 1 amide bonds. The maximum atomic E-state index is 11.1. The van der Waals surface area contributed by atoms with Gasteiger partial charge in [0.25, 0.3) is 5.91 Å². The topological polar surface area (TPSA) is 70.6 Å². The van der Waals surface area contributed by atoms with Gasteiger partial charge in [-0.1, -0.05) is 18.2 Å². The van der Waals surface area contributed by atoms with Gasteiger partial charge in [0.1, 0.15) is 5.75 Å². The van der Waals surface area contributed by atoms with Crippen LogP contribution < -0.4 is 15.4 Å². The number of aliphatic hydroxyl groups excluding tert-OH is 1. The lowest BCUT2D eigenvalue weighted by Gasteiger charge is -2.11. The molecule has 0 heterocycles. The lowest BCUT2D eigenvalue weighted by atomic mass is 10.2. The third-order valence-electron chi connectivity index (χ3n) is 2.21. The Bertz CT molecular complexity index is 355. The first-order valence-electron chi connectivity index (χ1n) is 5.50. The van der Waals surface area contributed by atoms with Gasteiger partial charge in [-0.2, -0.15) is 0 Å². The van der Waals surface area contributed by atoms with Gasteiger partial charge in [-0.25, -0.2) is 0 Å². The largest absolute Gasteiger partial charge is 0.483 e. The molecule has 5 heteroatoms. The van der Waals surface area contributed by atoms with E-state index in [1.165, 1.54) is 0 Å². The van der Waals surface area contributed by atoms with Crippen LogP contribution in [-0.2, 0) is 11.3 Å². The molecule has 1 aromatic rings. The van der Waals surface area contributed by atoms with Gasteiger partial charge in [0.05, 0.1) is 6.61 Å². The number of likely N-dealkylation sites (N-methyl/N-ethyl adjacent to an activating group) is 1. The van der Waals surface area contributed by atoms with Crippen LogP contribution in [0.5, 0.6) is 5.75 Å². The van der Waals surface area contributed by atoms with E-state index in [4.69, 9.17) is 9.84 Å². The highest BCUT2D eigenvalue weighted by Gasteiger charge is 2.04. The van der Waals surface area contributed by atoms with E-state index in [0.717, 1.165) is 5.56 Å². The van der Waals surface area contributed by atoms with Gasteiger partial charge >= 0.3 is 0 Å². The lowest BCUT2D eigenvalue weighted by molar-refractivity contribution is -0.122. The van der Waals surface area contributed by atoms with Crippen LogP contribution in [0.25, 0.3) is 0 Å². The summed E-state index contributed by atoms with van der Waals surface area (Å²) in [5.41, 5.74) is 0.963. The number of amides is 1. The molecule has 17 heavy (non-hydrogen) atoms. The second-order valence-corrected chi connectivity index (χ2v) is 3.47. The fraction of sp³-hybridized carbons (Fsp3) is 0.417. The van der Waals surface area contributed by atoms with Crippen LogP contribution in [-0.4, -0.2) is 37.8 Å². The van der Waals surface area contributed by atoms with Gasteiger partial charge in [-0.3, -0.25) is 4.79 Å². The van der Waals surface area contributed by atoms with Crippen molar-refractivity contribution in [3.05, 3.63) is 29.8 Å². The van der Waals surface area contributed by atoms with Gasteiger partial charge in [0.15, 0.2) is 6.61 Å². The Morgan fingerprint density at radius 3 is 2.88 bits per heavy atom. The molecular formula is C12H18N2O3. The second-order valence-electron chi connectivity index (χ2n) is 3.47. The van der Waals surface area contributed by atoms with Gasteiger partial charge in [0.2, 0.25) is 0 Å². The number of ether oxygens (including phenoxy) is 1. The molecule has 0 aliphatic carbocycles. The number of rotatable bonds is 7. The highest BCUT2D eigenvalue weighted by molar-refractivity contribution is 5.77. The number of hydrogen-bond donors (Lipinski definition) is 3. The molecule has 5 nitrogen and oxygen atoms in total. The number of aliphatic hydroxyl groups is 1. The van der Waals surface area contributed by atoms with Crippen molar-refractivity contribution < 1.29 is 14.6 Å². The quantitative estimate of drug-likeness (QED) is 0.580. The summed E-state index contributed by atoms with van der Waals surface area (Å²) in [5, 5.41) is 14.2. The predicted octanol–water partition coefficient (Wildman–Crippen LogP) is -0.107. The lowest BCUT2D eigenvalue weighted by Crippen LogP contribution is -2.25. The van der Waals surface area contributed by atoms with Gasteiger partial charge in [-0.15, -0.1) is 0 Å². The molecule has 94 valence electrons. The Morgan fingerprint density at radius 1 is 1.41 bits per heavy atom. The standard InChI is InChI=1S/C12H18N2O3/c1-13-12(16)9-17-11-5-3-2-4-10(11)8-14-6-7-15/h2-5,14-15H,6-9H2,1H3,(H,13,16). The van der Waals surface area contributed by atoms with E-state index in [0.29, 0.717) is 18.8 Å². The number of carbonyl (C=O) groups is 1. The average Bonchev–Trinajstić information content (AvgIpc) is 2.37. The van der Waals surface area contributed by atoms with Crippen molar-refractivity contribution in [1.82, 2.24) is 10.6 Å². The SMILES string of the molecule is CNC(=O)COc1ccccc1CNCCO. The fourth-order valence-electron chi connectivity index (χ4n) is 1.31. The Labute approximate surface area is 101 Å². The van der Waals surface area contributed by atoms with E-state index in [-0.39, 0.29) is 19.1 Å². The van der Waals surface area contributed by atoms with E-state index in [1.54, 1.807) is 7.05 Å². The van der Waals surface area contributed by atoms with Crippen LogP contribution in [0, 0.1) is 0 Å². The summed E-state index contributed by atoms with van der Waals surface area (Å²) in [7, 11) is 1.57. The normalized spacial score (nSPS) is 10.0. The number of benzene rings is 1. The smallest absolute Gasteiger partial charge is 0.257 e. The van der Waals surface area contributed by atoms with Crippen LogP contribution in [0.1, 0.15) is 5.56 Å². The first-order valence-corrected chi connectivity index (χ1v) is 5.50. The molecule has 0 saturated heterocycles. The minimum absolute atomic E-state index is 0.00745. The summed E-state index contributed by atoms with van der Waals surface area (Å²) in [5.74, 6) is 0.518. The molecule has 3 N–H and O–H groups in total. The molecule has 1 rings (SSSR count). The molecule has 0 aromatic heterocycles. The fourth-order valence-corrected chi connectivity index (χ4v) is 1.31. The van der Waals surface area contributed by atoms with Crippen molar-refractivity contribution in [2.24, 2.45) is 0 Å². The summed E-state index contributed by atoms with van der Waals surface area (Å²) < 4.78 is 5.41. The summed E-state index contributed by atoms with van der Waals surface area (Å²) in [6.45, 7) is 1.24. The summed E-state index contributed by atoms with van der Waals surface area (Å²) >= 11 is 0. The summed E-state index contributed by atoms with van der Waals surface area (Å²) in [6.07, 6.45) is 0. The van der Waals surface area contributed by atoms with Crippen molar-refractivity contribution >= 4 is 5.91 Å². The van der Waals surface area contributed by atoms with E-state index in [9.17, 15) is 4.79 Å². The molecule has 0 radical (unpaired) electrons. The highest BCUT2D eigenvalue weighted by atomic mass is 16.5. The maximum absolute atomic E-state index is 11.1. The molecule has 0 fully saturated rings. The van der Waals surface area contributed by atoms with Crippen LogP contribution in [0.4, 0.5) is 0 Å². The molecule has 0 atom stereocenters. The zero-order chi connectivity index (χ0) is 12.5. The zero-order valence-corrected chi connectivity index (χ0v) is 9.90. The first kappa shape index (κ1) is 13.5. The zero-order valence-electron chi connectivity index (χ0n) is 9.90. The Kier molecular flexibility index (Phi) is 6.06. The molecule has 0 aliphatic rings. The van der Waals surface area contributed by atoms with E-state index in [1.807, 2.05) is 24.3 Å². The second kappa shape index (κ2) is 7.65. The average molecular weight is 238 g/mol. The van der Waals surface area contributed by atoms with Gasteiger partial charge in [-0.05, 0) is 6.07 Å². The Balaban J connectivity index is 2.54. The number of nitrogens with one attached hydrogen (secondary N) is 2. The third kappa shape index (κ3) is 4.84. The molecule has 0 bridgehead atoms. The van der Waals surface area contributed by atoms with Crippen LogP contribution in [0.15, 0.2) is 24.3 Å². The summed E-state index contributed by atoms with van der Waals surface area (Å²) in [4.78, 5) is 11.1. The van der Waals surface area contributed by atoms with Gasteiger partial charge < -0.3 is 20.5 Å². The molecule has 0 unspecified atom stereocenters. The number of para-hydroxylation sites is 1. The van der Waals surface area contributed by atoms with Crippen molar-refractivity contribution in [3.63, 3.8) is 0 Å². The van der Waals surface area contributed by atoms with Crippen LogP contribution in [0.3, 0.4) is 0 Å². The van der Waals surface area contributed by atoms with Crippen molar-refractivity contribution in [1.29, 1.82) is 0 Å². The minimum atomic E-state index is -0.164. The van der Waals surface area contributed by atoms with E-state index in [2.05, 4.69) is 10.6 Å². The molecular weight excluding hydrogens is 220 g/mol. The van der Waals surface area contributed by atoms with Crippen molar-refractivity contribution in [3.8, 4) is 5.75 Å². The monoisotopic (exact) mass is 238 g/mol. The number of hydrogen-bond acceptors (Lipinski definition) is 4. The first-order chi connectivity index (χ1) is 8.27. The summed E-state index contributed by atoms with van der Waals surface area (Å²) in [6, 6.07) is 7.50. The Morgan fingerprint density at radius 2 is 2.18 bits per heavy atom. The van der Waals surface area contributed by atoms with E-state index >= 15 is 0 Å². The van der Waals surface area contributed by atoms with E-state index < -0.39 is 0 Å². The van der Waals surface area contributed by atoms with Crippen molar-refractivity contribution in [2.45, 2.75) is 6.54 Å².